The minimum atomic E-state index is -0.293. The summed E-state index contributed by atoms with van der Waals surface area (Å²) in [6.45, 7) is 0. The first-order valence-electron chi connectivity index (χ1n) is 5.98. The third kappa shape index (κ3) is 2.84. The highest BCUT2D eigenvalue weighted by molar-refractivity contribution is 9.10. The quantitative estimate of drug-likeness (QED) is 0.906. The molecule has 2 aromatic rings. The van der Waals surface area contributed by atoms with Crippen molar-refractivity contribution in [1.29, 1.82) is 0 Å². The van der Waals surface area contributed by atoms with Crippen LogP contribution in [0.15, 0.2) is 28.7 Å². The van der Waals surface area contributed by atoms with E-state index >= 15 is 0 Å². The first kappa shape index (κ1) is 12.3. The Morgan fingerprint density at radius 1 is 1.26 bits per heavy atom. The van der Waals surface area contributed by atoms with Crippen molar-refractivity contribution in [2.75, 3.05) is 11.1 Å². The number of nitrogen functional groups attached to an aromatic ring is 1. The maximum absolute atomic E-state index is 13.0. The van der Waals surface area contributed by atoms with Gasteiger partial charge < -0.3 is 11.1 Å². The molecule has 1 aromatic heterocycles. The molecule has 4 nitrogen and oxygen atoms in total. The van der Waals surface area contributed by atoms with Crippen molar-refractivity contribution >= 4 is 33.3 Å². The molecule has 1 fully saturated rings. The van der Waals surface area contributed by atoms with Crippen LogP contribution in [0.4, 0.5) is 21.7 Å². The van der Waals surface area contributed by atoms with E-state index in [4.69, 9.17) is 5.73 Å². The van der Waals surface area contributed by atoms with E-state index in [-0.39, 0.29) is 5.82 Å². The molecule has 0 amide bonds. The number of rotatable bonds is 3. The topological polar surface area (TPSA) is 63.8 Å². The van der Waals surface area contributed by atoms with Gasteiger partial charge in [0.05, 0.1) is 5.69 Å². The number of nitrogens with one attached hydrogen (secondary N) is 1. The second-order valence-electron chi connectivity index (χ2n) is 4.56. The molecule has 98 valence electrons. The van der Waals surface area contributed by atoms with Crippen LogP contribution in [0.25, 0.3) is 0 Å². The summed E-state index contributed by atoms with van der Waals surface area (Å²) in [6, 6.07) is 6.10. The van der Waals surface area contributed by atoms with Crippen molar-refractivity contribution in [3.8, 4) is 0 Å². The summed E-state index contributed by atoms with van der Waals surface area (Å²) in [5, 5.41) is 3.12. The average Bonchev–Trinajstić information content (AvgIpc) is 3.16. The summed E-state index contributed by atoms with van der Waals surface area (Å²) in [5.41, 5.74) is 6.52. The molecule has 6 heteroatoms. The molecule has 3 rings (SSSR count). The average molecular weight is 323 g/mol. The van der Waals surface area contributed by atoms with Gasteiger partial charge in [0.1, 0.15) is 23.3 Å². The lowest BCUT2D eigenvalue weighted by atomic mass is 10.3. The molecule has 0 bridgehead atoms. The molecule has 0 radical (unpaired) electrons. The van der Waals surface area contributed by atoms with Crippen molar-refractivity contribution in [2.45, 2.75) is 18.8 Å². The Hall–Kier alpha value is -1.69. The predicted octanol–water partition coefficient (Wildman–Crippen LogP) is 3.58. The van der Waals surface area contributed by atoms with E-state index in [0.29, 0.717) is 22.0 Å². The molecule has 0 spiro atoms. The van der Waals surface area contributed by atoms with Crippen LogP contribution in [0, 0.1) is 5.82 Å². The minimum Gasteiger partial charge on any atom is -0.384 e. The molecule has 1 saturated carbocycles. The lowest BCUT2D eigenvalue weighted by Crippen LogP contribution is -2.03. The molecular weight excluding hydrogens is 311 g/mol. The van der Waals surface area contributed by atoms with Gasteiger partial charge in [-0.15, -0.1) is 0 Å². The standard InChI is InChI=1S/C13H12BrFN4/c14-9-5-8(15)3-4-10(9)17-12-6-11(16)18-13(19-12)7-1-2-7/h3-7H,1-2H2,(H3,16,17,18,19). The third-order valence-electron chi connectivity index (χ3n) is 2.90. The molecule has 0 saturated heterocycles. The highest BCUT2D eigenvalue weighted by Crippen LogP contribution is 2.39. The lowest BCUT2D eigenvalue weighted by molar-refractivity contribution is 0.627. The maximum atomic E-state index is 13.0. The molecule has 1 aliphatic rings. The zero-order valence-electron chi connectivity index (χ0n) is 10.0. The Kier molecular flexibility index (Phi) is 3.10. The molecule has 19 heavy (non-hydrogen) atoms. The van der Waals surface area contributed by atoms with Gasteiger partial charge in [0.25, 0.3) is 0 Å². The smallest absolute Gasteiger partial charge is 0.136 e. The molecule has 1 aliphatic carbocycles. The van der Waals surface area contributed by atoms with Gasteiger partial charge in [-0.1, -0.05) is 0 Å². The highest BCUT2D eigenvalue weighted by atomic mass is 79.9. The van der Waals surface area contributed by atoms with Crippen LogP contribution in [0.1, 0.15) is 24.6 Å². The SMILES string of the molecule is Nc1cc(Nc2ccc(F)cc2Br)nc(C2CC2)n1. The molecule has 0 unspecified atom stereocenters. The van der Waals surface area contributed by atoms with Crippen LogP contribution in [-0.2, 0) is 0 Å². The van der Waals surface area contributed by atoms with Crippen molar-refractivity contribution in [3.05, 3.63) is 40.4 Å². The van der Waals surface area contributed by atoms with E-state index in [1.165, 1.54) is 12.1 Å². The van der Waals surface area contributed by atoms with E-state index in [9.17, 15) is 4.39 Å². The van der Waals surface area contributed by atoms with E-state index in [2.05, 4.69) is 31.2 Å². The monoisotopic (exact) mass is 322 g/mol. The Balaban J connectivity index is 1.89. The van der Waals surface area contributed by atoms with Gasteiger partial charge in [-0.2, -0.15) is 0 Å². The van der Waals surface area contributed by atoms with Gasteiger partial charge in [0.15, 0.2) is 0 Å². The molecule has 1 heterocycles. The van der Waals surface area contributed by atoms with Gasteiger partial charge in [0, 0.05) is 16.5 Å². The number of hydrogen-bond donors (Lipinski definition) is 2. The van der Waals surface area contributed by atoms with Gasteiger partial charge in [-0.25, -0.2) is 14.4 Å². The number of nitrogens with zero attached hydrogens (tertiary/aromatic N) is 2. The Labute approximate surface area is 118 Å². The maximum Gasteiger partial charge on any atom is 0.136 e. The second kappa shape index (κ2) is 4.77. The fourth-order valence-corrected chi connectivity index (χ4v) is 2.25. The van der Waals surface area contributed by atoms with Crippen molar-refractivity contribution in [1.82, 2.24) is 9.97 Å². The highest BCUT2D eigenvalue weighted by Gasteiger charge is 2.27. The molecular formula is C13H12BrFN4. The van der Waals surface area contributed by atoms with E-state index in [0.717, 1.165) is 24.4 Å². The van der Waals surface area contributed by atoms with Crippen molar-refractivity contribution < 1.29 is 4.39 Å². The summed E-state index contributed by atoms with van der Waals surface area (Å²) in [5.74, 6) is 1.99. The number of halogens is 2. The number of anilines is 3. The Morgan fingerprint density at radius 3 is 2.74 bits per heavy atom. The molecule has 0 aliphatic heterocycles. The van der Waals surface area contributed by atoms with E-state index in [1.54, 1.807) is 12.1 Å². The zero-order chi connectivity index (χ0) is 13.4. The summed E-state index contributed by atoms with van der Waals surface area (Å²) < 4.78 is 13.7. The fraction of sp³-hybridized carbons (Fsp3) is 0.231. The first-order chi connectivity index (χ1) is 9.11. The summed E-state index contributed by atoms with van der Waals surface area (Å²) in [7, 11) is 0. The van der Waals surface area contributed by atoms with Gasteiger partial charge in [0.2, 0.25) is 0 Å². The van der Waals surface area contributed by atoms with Gasteiger partial charge >= 0.3 is 0 Å². The van der Waals surface area contributed by atoms with Crippen LogP contribution in [0.3, 0.4) is 0 Å². The van der Waals surface area contributed by atoms with Crippen LogP contribution in [0.2, 0.25) is 0 Å². The van der Waals surface area contributed by atoms with Crippen molar-refractivity contribution in [3.63, 3.8) is 0 Å². The Morgan fingerprint density at radius 2 is 2.05 bits per heavy atom. The molecule has 0 atom stereocenters. The number of nitrogens with two attached hydrogens (primary N) is 1. The molecule has 1 aromatic carbocycles. The third-order valence-corrected chi connectivity index (χ3v) is 3.56. The van der Waals surface area contributed by atoms with Crippen LogP contribution < -0.4 is 11.1 Å². The van der Waals surface area contributed by atoms with Crippen LogP contribution in [-0.4, -0.2) is 9.97 Å². The van der Waals surface area contributed by atoms with Crippen molar-refractivity contribution in [2.24, 2.45) is 0 Å². The second-order valence-corrected chi connectivity index (χ2v) is 5.41. The predicted molar refractivity (Wildman–Crippen MR) is 75.8 cm³/mol. The van der Waals surface area contributed by atoms with E-state index < -0.39 is 0 Å². The largest absolute Gasteiger partial charge is 0.384 e. The summed E-state index contributed by atoms with van der Waals surface area (Å²) in [6.07, 6.45) is 2.23. The molecule has 3 N–H and O–H groups in total. The van der Waals surface area contributed by atoms with E-state index in [1.807, 2.05) is 0 Å². The number of hydrogen-bond acceptors (Lipinski definition) is 4. The van der Waals surface area contributed by atoms with Crippen LogP contribution >= 0.6 is 15.9 Å². The summed E-state index contributed by atoms with van der Waals surface area (Å²) >= 11 is 3.31. The number of aromatic nitrogens is 2. The minimum absolute atomic E-state index is 0.293. The fourth-order valence-electron chi connectivity index (χ4n) is 1.80. The number of benzene rings is 1. The van der Waals surface area contributed by atoms with Crippen LogP contribution in [0.5, 0.6) is 0 Å². The lowest BCUT2D eigenvalue weighted by Gasteiger charge is -2.09. The zero-order valence-corrected chi connectivity index (χ0v) is 11.6. The first-order valence-corrected chi connectivity index (χ1v) is 6.77. The normalized spacial score (nSPS) is 14.4. The Bertz CT molecular complexity index is 628. The summed E-state index contributed by atoms with van der Waals surface area (Å²) in [4.78, 5) is 8.67. The van der Waals surface area contributed by atoms with Gasteiger partial charge in [-0.3, -0.25) is 0 Å². The van der Waals surface area contributed by atoms with Gasteiger partial charge in [-0.05, 0) is 47.0 Å².